The summed E-state index contributed by atoms with van der Waals surface area (Å²) in [7, 11) is 0. The molecule has 0 saturated heterocycles. The first-order valence-electron chi connectivity index (χ1n) is 16.5. The van der Waals surface area contributed by atoms with Crippen molar-refractivity contribution in [2.45, 2.75) is 38.5 Å². The highest BCUT2D eigenvalue weighted by Gasteiger charge is 2.25. The molecule has 2 amide bonds. The number of esters is 2. The van der Waals surface area contributed by atoms with E-state index in [-0.39, 0.29) is 44.1 Å². The maximum absolute atomic E-state index is 13.3. The molecule has 13 heteroatoms. The van der Waals surface area contributed by atoms with Gasteiger partial charge in [0, 0.05) is 28.5 Å². The molecule has 0 radical (unpaired) electrons. The van der Waals surface area contributed by atoms with Crippen molar-refractivity contribution in [1.82, 2.24) is 15.6 Å². The van der Waals surface area contributed by atoms with Crippen LogP contribution in [0.4, 0.5) is 0 Å². The van der Waals surface area contributed by atoms with Crippen molar-refractivity contribution in [1.29, 1.82) is 10.8 Å². The Morgan fingerprint density at radius 2 is 1.33 bits per heavy atom. The zero-order chi connectivity index (χ0) is 37.0. The molecule has 5 rings (SSSR count). The van der Waals surface area contributed by atoms with Gasteiger partial charge < -0.3 is 36.6 Å². The Hall–Kier alpha value is -6.76. The van der Waals surface area contributed by atoms with Gasteiger partial charge in [-0.1, -0.05) is 97.1 Å². The smallest absolute Gasteiger partial charge is 0.328 e. The second-order valence-electron chi connectivity index (χ2n) is 12.0. The summed E-state index contributed by atoms with van der Waals surface area (Å²) in [5.41, 5.74) is 16.6. The quantitative estimate of drug-likeness (QED) is 0.0454. The van der Waals surface area contributed by atoms with Crippen molar-refractivity contribution in [3.05, 3.63) is 131 Å². The predicted octanol–water partition coefficient (Wildman–Crippen LogP) is 3.81. The molecule has 1 atom stereocenters. The maximum Gasteiger partial charge on any atom is 0.328 e. The van der Waals surface area contributed by atoms with Crippen LogP contribution < -0.4 is 22.1 Å². The number of hydrogen-bond donors (Lipinski definition) is 7. The van der Waals surface area contributed by atoms with Gasteiger partial charge in [-0.05, 0) is 34.7 Å². The lowest BCUT2D eigenvalue weighted by atomic mass is 10.0. The Balaban J connectivity index is 1.24. The molecule has 5 aromatic rings. The van der Waals surface area contributed by atoms with E-state index in [0.717, 1.165) is 22.1 Å². The minimum Gasteiger partial charge on any atom is -0.461 e. The van der Waals surface area contributed by atoms with E-state index in [1.807, 2.05) is 36.4 Å². The Morgan fingerprint density at radius 3 is 1.94 bits per heavy atom. The molecule has 0 aliphatic heterocycles. The average molecular weight is 702 g/mol. The Kier molecular flexibility index (Phi) is 12.1. The number of nitrogens with one attached hydrogen (secondary N) is 5. The van der Waals surface area contributed by atoms with Crippen molar-refractivity contribution in [3.63, 3.8) is 0 Å². The molecule has 9 N–H and O–H groups in total. The number of ether oxygens (including phenoxy) is 2. The number of carbonyl (C=O) groups is 4. The molecule has 0 bridgehead atoms. The van der Waals surface area contributed by atoms with Crippen molar-refractivity contribution >= 4 is 46.3 Å². The number of H-pyrrole nitrogens is 1. The minimum atomic E-state index is -1.17. The number of carbonyl (C=O) groups excluding carboxylic acids is 4. The highest BCUT2D eigenvalue weighted by molar-refractivity contribution is 6.02. The first-order valence-corrected chi connectivity index (χ1v) is 16.5. The number of rotatable bonds is 16. The van der Waals surface area contributed by atoms with Crippen LogP contribution in [0.1, 0.15) is 40.7 Å². The van der Waals surface area contributed by atoms with Crippen LogP contribution in [0.15, 0.2) is 103 Å². The van der Waals surface area contributed by atoms with E-state index in [2.05, 4.69) is 15.6 Å². The predicted molar refractivity (Wildman–Crippen MR) is 196 cm³/mol. The number of nitrogens with two attached hydrogens (primary N) is 2. The fourth-order valence-corrected chi connectivity index (χ4v) is 5.47. The summed E-state index contributed by atoms with van der Waals surface area (Å²) >= 11 is 0. The fraction of sp³-hybridized carbons (Fsp3) is 0.179. The second kappa shape index (κ2) is 17.3. The molecule has 0 aliphatic rings. The van der Waals surface area contributed by atoms with Crippen LogP contribution in [0.2, 0.25) is 0 Å². The van der Waals surface area contributed by atoms with Crippen molar-refractivity contribution in [2.24, 2.45) is 11.5 Å². The van der Waals surface area contributed by atoms with Crippen LogP contribution in [0, 0.1) is 10.8 Å². The van der Waals surface area contributed by atoms with Crippen LogP contribution >= 0.6 is 0 Å². The third-order valence-electron chi connectivity index (χ3n) is 8.21. The molecule has 0 unspecified atom stereocenters. The summed E-state index contributed by atoms with van der Waals surface area (Å²) in [6.07, 6.45) is -0.358. The van der Waals surface area contributed by atoms with Gasteiger partial charge in [-0.3, -0.25) is 25.2 Å². The summed E-state index contributed by atoms with van der Waals surface area (Å²) < 4.78 is 10.8. The molecular formula is C39H39N7O6. The van der Waals surface area contributed by atoms with Crippen LogP contribution in [-0.4, -0.2) is 53.0 Å². The first kappa shape index (κ1) is 36.5. The summed E-state index contributed by atoms with van der Waals surface area (Å²) in [4.78, 5) is 55.3. The van der Waals surface area contributed by atoms with Gasteiger partial charge in [0.25, 0.3) is 0 Å². The molecular weight excluding hydrogens is 662 g/mol. The number of aromatic amines is 1. The third-order valence-corrected chi connectivity index (χ3v) is 8.21. The van der Waals surface area contributed by atoms with E-state index in [1.165, 1.54) is 0 Å². The Labute approximate surface area is 299 Å². The molecule has 0 aliphatic carbocycles. The molecule has 0 spiro atoms. The molecule has 4 aromatic carbocycles. The second-order valence-corrected chi connectivity index (χ2v) is 12.0. The van der Waals surface area contributed by atoms with E-state index < -0.39 is 36.3 Å². The fourth-order valence-electron chi connectivity index (χ4n) is 5.47. The number of amidine groups is 2. The normalized spacial score (nSPS) is 11.3. The number of benzene rings is 4. The molecule has 13 nitrogen and oxygen atoms in total. The summed E-state index contributed by atoms with van der Waals surface area (Å²) in [5, 5.41) is 21.4. The summed E-state index contributed by atoms with van der Waals surface area (Å²) in [5.74, 6) is -2.60. The number of nitrogen functional groups attached to an aromatic ring is 2. The zero-order valence-electron chi connectivity index (χ0n) is 28.2. The van der Waals surface area contributed by atoms with Crippen LogP contribution in [0.25, 0.3) is 22.2 Å². The minimum absolute atomic E-state index is 0.0282. The standard InChI is InChI=1S/C39H39N7O6/c40-37(41)27-13-11-26(12-14-27)36-30(29-16-15-28(38(42)43)19-32(29)46-36)20-33(47)44-21-34(48)45-31(39(50)52-23-25-9-5-2-6-10-25)17-18-35(49)51-22-24-7-3-1-4-8-24/h1-16,19,31,46H,17-18,20-23H2,(H3,40,41)(H3,42,43)(H,44,47)(H,45,48)/t31-/m0/s1. The largest absolute Gasteiger partial charge is 0.461 e. The lowest BCUT2D eigenvalue weighted by molar-refractivity contribution is -0.150. The van der Waals surface area contributed by atoms with Crippen LogP contribution in [-0.2, 0) is 48.3 Å². The lowest BCUT2D eigenvalue weighted by Gasteiger charge is -2.18. The zero-order valence-corrected chi connectivity index (χ0v) is 28.2. The molecule has 266 valence electrons. The van der Waals surface area contributed by atoms with E-state index in [4.69, 9.17) is 31.8 Å². The van der Waals surface area contributed by atoms with Gasteiger partial charge in [0.1, 0.15) is 30.9 Å². The maximum atomic E-state index is 13.3. The van der Waals surface area contributed by atoms with E-state index in [1.54, 1.807) is 66.7 Å². The molecule has 1 heterocycles. The van der Waals surface area contributed by atoms with E-state index in [9.17, 15) is 19.2 Å². The number of hydrogen-bond acceptors (Lipinski definition) is 8. The highest BCUT2D eigenvalue weighted by atomic mass is 16.5. The SMILES string of the molecule is N=C(N)c1ccc(-c2[nH]c3cc(C(=N)N)ccc3c2CC(=O)NCC(=O)N[C@@H](CCC(=O)OCc2ccccc2)C(=O)OCc2ccccc2)cc1. The number of fused-ring (bicyclic) bond motifs is 1. The van der Waals surface area contributed by atoms with Gasteiger partial charge in [0.2, 0.25) is 11.8 Å². The first-order chi connectivity index (χ1) is 25.1. The Bertz CT molecular complexity index is 2080. The van der Waals surface area contributed by atoms with Gasteiger partial charge in [-0.15, -0.1) is 0 Å². The van der Waals surface area contributed by atoms with Crippen molar-refractivity contribution in [3.8, 4) is 11.3 Å². The number of amides is 2. The molecule has 52 heavy (non-hydrogen) atoms. The van der Waals surface area contributed by atoms with Crippen molar-refractivity contribution in [2.75, 3.05) is 6.54 Å². The molecule has 0 saturated carbocycles. The van der Waals surface area contributed by atoms with Gasteiger partial charge in [0.15, 0.2) is 0 Å². The molecule has 1 aromatic heterocycles. The Morgan fingerprint density at radius 1 is 0.731 bits per heavy atom. The number of aromatic nitrogens is 1. The van der Waals surface area contributed by atoms with Crippen LogP contribution in [0.5, 0.6) is 0 Å². The van der Waals surface area contributed by atoms with Crippen LogP contribution in [0.3, 0.4) is 0 Å². The third kappa shape index (κ3) is 9.91. The van der Waals surface area contributed by atoms with Gasteiger partial charge in [-0.2, -0.15) is 0 Å². The van der Waals surface area contributed by atoms with E-state index >= 15 is 0 Å². The lowest BCUT2D eigenvalue weighted by Crippen LogP contribution is -2.46. The average Bonchev–Trinajstić information content (AvgIpc) is 3.51. The summed E-state index contributed by atoms with van der Waals surface area (Å²) in [6, 6.07) is 29.1. The van der Waals surface area contributed by atoms with Crippen molar-refractivity contribution < 1.29 is 28.7 Å². The summed E-state index contributed by atoms with van der Waals surface area (Å²) in [6.45, 7) is -0.403. The van der Waals surface area contributed by atoms with Gasteiger partial charge in [0.05, 0.1) is 18.7 Å². The monoisotopic (exact) mass is 701 g/mol. The topological polar surface area (TPSA) is 226 Å². The van der Waals surface area contributed by atoms with Gasteiger partial charge >= 0.3 is 11.9 Å². The molecule has 0 fully saturated rings. The van der Waals surface area contributed by atoms with E-state index in [0.29, 0.717) is 27.9 Å². The van der Waals surface area contributed by atoms with Gasteiger partial charge in [-0.25, -0.2) is 4.79 Å². The highest BCUT2D eigenvalue weighted by Crippen LogP contribution is 2.32.